The molecule has 0 aliphatic carbocycles. The van der Waals surface area contributed by atoms with Gasteiger partial charge in [0.2, 0.25) is 5.91 Å². The zero-order valence-electron chi connectivity index (χ0n) is 11.0. The summed E-state index contributed by atoms with van der Waals surface area (Å²) in [5.74, 6) is -0.367. The van der Waals surface area contributed by atoms with Gasteiger partial charge in [-0.1, -0.05) is 12.1 Å². The van der Waals surface area contributed by atoms with Crippen molar-refractivity contribution in [3.63, 3.8) is 0 Å². The first kappa shape index (κ1) is 15.0. The monoisotopic (exact) mass is 264 g/mol. The second-order valence-electron chi connectivity index (χ2n) is 4.36. The number of anilines is 1. The van der Waals surface area contributed by atoms with E-state index in [4.69, 9.17) is 11.5 Å². The summed E-state index contributed by atoms with van der Waals surface area (Å²) >= 11 is 0. The summed E-state index contributed by atoms with van der Waals surface area (Å²) in [5, 5.41) is 5.33. The summed E-state index contributed by atoms with van der Waals surface area (Å²) in [6.45, 7) is 2.31. The minimum Gasteiger partial charge on any atom is -0.370 e. The molecule has 1 atom stereocenters. The minimum atomic E-state index is -0.367. The van der Waals surface area contributed by atoms with Gasteiger partial charge in [-0.25, -0.2) is 4.79 Å². The van der Waals surface area contributed by atoms with Crippen LogP contribution in [0.2, 0.25) is 0 Å². The van der Waals surface area contributed by atoms with Crippen molar-refractivity contribution >= 4 is 17.6 Å². The van der Waals surface area contributed by atoms with Crippen molar-refractivity contribution < 1.29 is 9.59 Å². The number of benzene rings is 1. The Morgan fingerprint density at radius 3 is 2.42 bits per heavy atom. The highest BCUT2D eigenvalue weighted by Crippen LogP contribution is 2.13. The number of amides is 3. The van der Waals surface area contributed by atoms with E-state index >= 15 is 0 Å². The number of carbonyl (C=O) groups excluding carboxylic acids is 2. The molecule has 3 amide bonds. The highest BCUT2D eigenvalue weighted by Gasteiger charge is 2.03. The smallest absolute Gasteiger partial charge is 0.319 e. The molecule has 0 heterocycles. The second kappa shape index (κ2) is 7.38. The van der Waals surface area contributed by atoms with E-state index in [-0.39, 0.29) is 24.4 Å². The van der Waals surface area contributed by atoms with Crippen LogP contribution in [0.4, 0.5) is 10.5 Å². The fourth-order valence-corrected chi connectivity index (χ4v) is 1.51. The Morgan fingerprint density at radius 2 is 1.89 bits per heavy atom. The first-order chi connectivity index (χ1) is 8.99. The Labute approximate surface area is 112 Å². The fourth-order valence-electron chi connectivity index (χ4n) is 1.51. The maximum atomic E-state index is 11.5. The molecule has 0 aliphatic rings. The lowest BCUT2D eigenvalue weighted by atomic mass is 10.1. The van der Waals surface area contributed by atoms with Gasteiger partial charge in [-0.05, 0) is 31.0 Å². The first-order valence-corrected chi connectivity index (χ1v) is 6.17. The summed E-state index contributed by atoms with van der Waals surface area (Å²) in [6.07, 6.45) is 0.801. The molecule has 0 saturated carbocycles. The standard InChI is InChI=1S/C13H20N4O2/c1-9(14)10-4-6-11(7-5-10)17-13(19)16-8-2-3-12(15)18/h4-7,9H,2-3,8,14H2,1H3,(H2,15,18)(H2,16,17,19). The number of carbonyl (C=O) groups is 2. The van der Waals surface area contributed by atoms with Crippen LogP contribution in [-0.2, 0) is 4.79 Å². The van der Waals surface area contributed by atoms with E-state index in [1.807, 2.05) is 19.1 Å². The van der Waals surface area contributed by atoms with Crippen molar-refractivity contribution in [3.8, 4) is 0 Å². The Morgan fingerprint density at radius 1 is 1.26 bits per heavy atom. The lowest BCUT2D eigenvalue weighted by Crippen LogP contribution is -2.30. The number of urea groups is 1. The second-order valence-corrected chi connectivity index (χ2v) is 4.36. The Bertz CT molecular complexity index is 429. The van der Waals surface area contributed by atoms with Gasteiger partial charge in [0.25, 0.3) is 0 Å². The number of primary amides is 1. The molecule has 19 heavy (non-hydrogen) atoms. The quantitative estimate of drug-likeness (QED) is 0.577. The maximum Gasteiger partial charge on any atom is 0.319 e. The van der Waals surface area contributed by atoms with Crippen LogP contribution in [-0.4, -0.2) is 18.5 Å². The van der Waals surface area contributed by atoms with E-state index in [1.165, 1.54) is 0 Å². The predicted octanol–water partition coefficient (Wildman–Crippen LogP) is 1.09. The molecular formula is C13H20N4O2. The topological polar surface area (TPSA) is 110 Å². The normalized spacial score (nSPS) is 11.7. The van der Waals surface area contributed by atoms with Crippen LogP contribution in [0.15, 0.2) is 24.3 Å². The molecule has 6 N–H and O–H groups in total. The van der Waals surface area contributed by atoms with Crippen molar-refractivity contribution in [2.24, 2.45) is 11.5 Å². The molecule has 6 nitrogen and oxygen atoms in total. The Kier molecular flexibility index (Phi) is 5.81. The van der Waals surface area contributed by atoms with Crippen LogP contribution in [0.5, 0.6) is 0 Å². The highest BCUT2D eigenvalue weighted by atomic mass is 16.2. The highest BCUT2D eigenvalue weighted by molar-refractivity contribution is 5.89. The molecule has 1 aromatic rings. The van der Waals surface area contributed by atoms with Crippen molar-refractivity contribution in [1.82, 2.24) is 5.32 Å². The van der Waals surface area contributed by atoms with Crippen LogP contribution in [0.1, 0.15) is 31.4 Å². The van der Waals surface area contributed by atoms with E-state index in [1.54, 1.807) is 12.1 Å². The molecular weight excluding hydrogens is 244 g/mol. The molecule has 0 radical (unpaired) electrons. The maximum absolute atomic E-state index is 11.5. The average molecular weight is 264 g/mol. The molecule has 0 aliphatic heterocycles. The van der Waals surface area contributed by atoms with Crippen LogP contribution in [0.25, 0.3) is 0 Å². The molecule has 104 valence electrons. The summed E-state index contributed by atoms with van der Waals surface area (Å²) in [7, 11) is 0. The fraction of sp³-hybridized carbons (Fsp3) is 0.385. The van der Waals surface area contributed by atoms with Gasteiger partial charge >= 0.3 is 6.03 Å². The predicted molar refractivity (Wildman–Crippen MR) is 74.5 cm³/mol. The minimum absolute atomic E-state index is 0.0309. The van der Waals surface area contributed by atoms with E-state index < -0.39 is 0 Å². The molecule has 0 spiro atoms. The number of nitrogens with one attached hydrogen (secondary N) is 2. The Hall–Kier alpha value is -2.08. The molecule has 0 bridgehead atoms. The van der Waals surface area contributed by atoms with Crippen LogP contribution in [0, 0.1) is 0 Å². The molecule has 1 unspecified atom stereocenters. The van der Waals surface area contributed by atoms with E-state index in [0.29, 0.717) is 18.7 Å². The largest absolute Gasteiger partial charge is 0.370 e. The van der Waals surface area contributed by atoms with Gasteiger partial charge < -0.3 is 22.1 Å². The van der Waals surface area contributed by atoms with Crippen molar-refractivity contribution in [2.75, 3.05) is 11.9 Å². The van der Waals surface area contributed by atoms with E-state index in [2.05, 4.69) is 10.6 Å². The van der Waals surface area contributed by atoms with Gasteiger partial charge in [0.05, 0.1) is 0 Å². The molecule has 0 fully saturated rings. The summed E-state index contributed by atoms with van der Waals surface area (Å²) < 4.78 is 0. The molecule has 1 rings (SSSR count). The van der Waals surface area contributed by atoms with Gasteiger partial charge in [-0.3, -0.25) is 4.79 Å². The summed E-state index contributed by atoms with van der Waals surface area (Å²) in [6, 6.07) is 6.99. The Balaban J connectivity index is 2.33. The van der Waals surface area contributed by atoms with Crippen molar-refractivity contribution in [3.05, 3.63) is 29.8 Å². The molecule has 0 aromatic heterocycles. The third-order valence-corrected chi connectivity index (χ3v) is 2.58. The van der Waals surface area contributed by atoms with Crippen molar-refractivity contribution in [1.29, 1.82) is 0 Å². The average Bonchev–Trinajstić information content (AvgIpc) is 2.35. The third-order valence-electron chi connectivity index (χ3n) is 2.58. The molecule has 0 saturated heterocycles. The van der Waals surface area contributed by atoms with Gasteiger partial charge in [-0.2, -0.15) is 0 Å². The van der Waals surface area contributed by atoms with Crippen molar-refractivity contribution in [2.45, 2.75) is 25.8 Å². The number of nitrogens with two attached hydrogens (primary N) is 2. The van der Waals surface area contributed by atoms with Crippen LogP contribution >= 0.6 is 0 Å². The summed E-state index contributed by atoms with van der Waals surface area (Å²) in [5.41, 5.74) is 12.4. The summed E-state index contributed by atoms with van der Waals surface area (Å²) in [4.78, 5) is 22.0. The molecule has 1 aromatic carbocycles. The zero-order chi connectivity index (χ0) is 14.3. The SMILES string of the molecule is CC(N)c1ccc(NC(=O)NCCCC(N)=O)cc1. The van der Waals surface area contributed by atoms with Crippen LogP contribution in [0.3, 0.4) is 0 Å². The third kappa shape index (κ3) is 5.87. The van der Waals surface area contributed by atoms with Gasteiger partial charge in [-0.15, -0.1) is 0 Å². The molecule has 6 heteroatoms. The lowest BCUT2D eigenvalue weighted by Gasteiger charge is -2.09. The van der Waals surface area contributed by atoms with Gasteiger partial charge in [0, 0.05) is 24.7 Å². The van der Waals surface area contributed by atoms with Gasteiger partial charge in [0.1, 0.15) is 0 Å². The number of hydrogen-bond donors (Lipinski definition) is 4. The van der Waals surface area contributed by atoms with E-state index in [0.717, 1.165) is 5.56 Å². The zero-order valence-corrected chi connectivity index (χ0v) is 11.0. The van der Waals surface area contributed by atoms with Gasteiger partial charge in [0.15, 0.2) is 0 Å². The van der Waals surface area contributed by atoms with Crippen LogP contribution < -0.4 is 22.1 Å². The van der Waals surface area contributed by atoms with E-state index in [9.17, 15) is 9.59 Å². The lowest BCUT2D eigenvalue weighted by molar-refractivity contribution is -0.118. The number of rotatable bonds is 6. The first-order valence-electron chi connectivity index (χ1n) is 6.17. The number of hydrogen-bond acceptors (Lipinski definition) is 3.